The molecule has 0 rings (SSSR count). The van der Waals surface area contributed by atoms with E-state index in [2.05, 4.69) is 118 Å². The fourth-order valence-electron chi connectivity index (χ4n) is 8.65. The summed E-state index contributed by atoms with van der Waals surface area (Å²) in [6.45, 7) is 6.49. The molecule has 74 heavy (non-hydrogen) atoms. The van der Waals surface area contributed by atoms with Crippen LogP contribution in [0.1, 0.15) is 297 Å². The number of rotatable bonds is 56. The van der Waals surface area contributed by atoms with Crippen LogP contribution in [-0.2, 0) is 28.6 Å². The van der Waals surface area contributed by atoms with Crippen LogP contribution in [-0.4, -0.2) is 37.2 Å². The van der Waals surface area contributed by atoms with E-state index >= 15 is 0 Å². The summed E-state index contributed by atoms with van der Waals surface area (Å²) in [7, 11) is 0. The highest BCUT2D eigenvalue weighted by atomic mass is 16.6. The van der Waals surface area contributed by atoms with Crippen molar-refractivity contribution in [3.63, 3.8) is 0 Å². The Morgan fingerprint density at radius 3 is 0.851 bits per heavy atom. The molecule has 6 nitrogen and oxygen atoms in total. The summed E-state index contributed by atoms with van der Waals surface area (Å²) in [5, 5.41) is 0. The quantitative estimate of drug-likeness (QED) is 0.0261. The molecule has 0 aromatic rings. The van der Waals surface area contributed by atoms with Crippen molar-refractivity contribution < 1.29 is 28.6 Å². The number of carbonyl (C=O) groups excluding carboxylic acids is 3. The average Bonchev–Trinajstić information content (AvgIpc) is 3.40. The lowest BCUT2D eigenvalue weighted by Crippen LogP contribution is -2.30. The maximum atomic E-state index is 12.9. The topological polar surface area (TPSA) is 78.9 Å². The molecule has 0 aromatic carbocycles. The van der Waals surface area contributed by atoms with Crippen LogP contribution in [0, 0.1) is 0 Å². The summed E-state index contributed by atoms with van der Waals surface area (Å²) < 4.78 is 16.9. The van der Waals surface area contributed by atoms with Gasteiger partial charge >= 0.3 is 17.9 Å². The molecule has 0 aliphatic rings. The lowest BCUT2D eigenvalue weighted by Gasteiger charge is -2.18. The van der Waals surface area contributed by atoms with Gasteiger partial charge in [0.25, 0.3) is 0 Å². The van der Waals surface area contributed by atoms with Gasteiger partial charge < -0.3 is 14.2 Å². The average molecular weight is 1030 g/mol. The third-order valence-corrected chi connectivity index (χ3v) is 13.3. The van der Waals surface area contributed by atoms with E-state index < -0.39 is 6.10 Å². The van der Waals surface area contributed by atoms with E-state index in [0.717, 1.165) is 116 Å². The number of hydrogen-bond donors (Lipinski definition) is 0. The van der Waals surface area contributed by atoms with Gasteiger partial charge in [-0.3, -0.25) is 14.4 Å². The molecule has 0 N–H and O–H groups in total. The van der Waals surface area contributed by atoms with Crippen LogP contribution >= 0.6 is 0 Å². The molecule has 0 aliphatic carbocycles. The number of carbonyl (C=O) groups is 3. The lowest BCUT2D eigenvalue weighted by molar-refractivity contribution is -0.167. The van der Waals surface area contributed by atoms with Crippen LogP contribution in [0.15, 0.2) is 97.2 Å². The smallest absolute Gasteiger partial charge is 0.306 e. The monoisotopic (exact) mass is 1030 g/mol. The molecule has 0 amide bonds. The van der Waals surface area contributed by atoms with Crippen LogP contribution in [0.3, 0.4) is 0 Å². The molecule has 6 heteroatoms. The molecule has 0 saturated carbocycles. The van der Waals surface area contributed by atoms with Crippen molar-refractivity contribution in [1.29, 1.82) is 0 Å². The zero-order valence-corrected chi connectivity index (χ0v) is 48.6. The number of allylic oxidation sites excluding steroid dienone is 16. The van der Waals surface area contributed by atoms with Crippen LogP contribution in [0.2, 0.25) is 0 Å². The molecule has 0 heterocycles. The second-order valence-corrected chi connectivity index (χ2v) is 20.6. The minimum Gasteiger partial charge on any atom is -0.462 e. The molecule has 0 fully saturated rings. The van der Waals surface area contributed by atoms with Gasteiger partial charge in [-0.15, -0.1) is 0 Å². The molecule has 424 valence electrons. The molecule has 0 radical (unpaired) electrons. The summed E-state index contributed by atoms with van der Waals surface area (Å²) in [5.41, 5.74) is 0. The number of esters is 3. The molecule has 1 atom stereocenters. The lowest BCUT2D eigenvalue weighted by atomic mass is 10.0. The van der Waals surface area contributed by atoms with E-state index in [0.29, 0.717) is 19.3 Å². The van der Waals surface area contributed by atoms with Gasteiger partial charge in [0.15, 0.2) is 6.10 Å². The molecular weight excluding hydrogens is 913 g/mol. The maximum Gasteiger partial charge on any atom is 0.306 e. The zero-order chi connectivity index (χ0) is 53.6. The second kappa shape index (κ2) is 61.9. The number of hydrogen-bond acceptors (Lipinski definition) is 6. The third-order valence-electron chi connectivity index (χ3n) is 13.3. The van der Waals surface area contributed by atoms with Gasteiger partial charge in [0.2, 0.25) is 0 Å². The second-order valence-electron chi connectivity index (χ2n) is 20.6. The van der Waals surface area contributed by atoms with Crippen LogP contribution in [0.4, 0.5) is 0 Å². The van der Waals surface area contributed by atoms with Crippen molar-refractivity contribution in [3.05, 3.63) is 97.2 Å². The first-order chi connectivity index (χ1) is 36.5. The number of unbranched alkanes of at least 4 members (excludes halogenated alkanes) is 29. The summed E-state index contributed by atoms with van der Waals surface area (Å²) in [6, 6.07) is 0. The van der Waals surface area contributed by atoms with Gasteiger partial charge in [-0.25, -0.2) is 0 Å². The van der Waals surface area contributed by atoms with Gasteiger partial charge in [-0.1, -0.05) is 272 Å². The first kappa shape index (κ1) is 70.3. The Morgan fingerprint density at radius 2 is 0.527 bits per heavy atom. The number of ether oxygens (including phenoxy) is 3. The van der Waals surface area contributed by atoms with E-state index in [9.17, 15) is 14.4 Å². The van der Waals surface area contributed by atoms with Gasteiger partial charge in [0.05, 0.1) is 0 Å². The van der Waals surface area contributed by atoms with E-state index in [1.54, 1.807) is 0 Å². The normalized spacial score (nSPS) is 12.7. The minimum absolute atomic E-state index is 0.0814. The molecule has 0 aliphatic heterocycles. The highest BCUT2D eigenvalue weighted by molar-refractivity contribution is 5.71. The Balaban J connectivity index is 4.26. The Kier molecular flexibility index (Phi) is 58.8. The van der Waals surface area contributed by atoms with E-state index in [-0.39, 0.29) is 31.1 Å². The highest BCUT2D eigenvalue weighted by Crippen LogP contribution is 2.16. The molecular formula is C68H116O6. The van der Waals surface area contributed by atoms with Crippen LogP contribution in [0.25, 0.3) is 0 Å². The SMILES string of the molecule is CC/C=C\C/C=C\C/C=C\C/C=C\C/C=C\CCCCCCCCCCCCCC(=O)OCC(COC(=O)CCCCCCCCCCCC)OC(=O)CCCCCCCC/C=C\C/C=C\C/C=C\CCCCC. The van der Waals surface area contributed by atoms with Crippen LogP contribution in [0.5, 0.6) is 0 Å². The first-order valence-electron chi connectivity index (χ1n) is 31.2. The van der Waals surface area contributed by atoms with Gasteiger partial charge in [-0.05, 0) is 103 Å². The molecule has 0 aromatic heterocycles. The molecule has 1 unspecified atom stereocenters. The first-order valence-corrected chi connectivity index (χ1v) is 31.2. The molecule has 0 saturated heterocycles. The van der Waals surface area contributed by atoms with Crippen molar-refractivity contribution in [1.82, 2.24) is 0 Å². The standard InChI is InChI=1S/C68H116O6/c1-4-7-10-13-16-19-22-24-26-28-30-31-32-33-34-35-36-37-39-40-42-44-46-49-52-55-58-61-67(70)73-64-65(63-72-66(69)60-57-54-51-48-21-18-15-12-9-6-3)74-68(71)62-59-56-53-50-47-45-43-41-38-29-27-25-23-20-17-14-11-8-5-2/h7,10,16-17,19-20,24-27,30-31,33-34,38,41,65H,4-6,8-9,11-15,18,21-23,28-29,32,35-37,39-40,42-64H2,1-3H3/b10-7-,19-16-,20-17-,26-24-,27-25-,31-30-,34-33-,41-38-. The Hall–Kier alpha value is -3.67. The largest absolute Gasteiger partial charge is 0.462 e. The van der Waals surface area contributed by atoms with Crippen molar-refractivity contribution in [3.8, 4) is 0 Å². The summed E-state index contributed by atoms with van der Waals surface area (Å²) in [4.78, 5) is 38.2. The third kappa shape index (κ3) is 59.2. The highest BCUT2D eigenvalue weighted by Gasteiger charge is 2.19. The Morgan fingerprint density at radius 1 is 0.284 bits per heavy atom. The van der Waals surface area contributed by atoms with Gasteiger partial charge in [-0.2, -0.15) is 0 Å². The Bertz CT molecular complexity index is 1460. The predicted octanol–water partition coefficient (Wildman–Crippen LogP) is 21.3. The van der Waals surface area contributed by atoms with Gasteiger partial charge in [0, 0.05) is 19.3 Å². The zero-order valence-electron chi connectivity index (χ0n) is 48.6. The fraction of sp³-hybridized carbons (Fsp3) is 0.721. The molecule has 0 bridgehead atoms. The van der Waals surface area contributed by atoms with E-state index in [4.69, 9.17) is 14.2 Å². The summed E-state index contributed by atoms with van der Waals surface area (Å²) in [6.07, 6.45) is 82.7. The van der Waals surface area contributed by atoms with Crippen molar-refractivity contribution in [2.75, 3.05) is 13.2 Å². The van der Waals surface area contributed by atoms with Crippen molar-refractivity contribution in [2.45, 2.75) is 303 Å². The van der Waals surface area contributed by atoms with Crippen LogP contribution < -0.4 is 0 Å². The maximum absolute atomic E-state index is 12.9. The van der Waals surface area contributed by atoms with E-state index in [1.165, 1.54) is 141 Å². The predicted molar refractivity (Wildman–Crippen MR) is 320 cm³/mol. The summed E-state index contributed by atoms with van der Waals surface area (Å²) >= 11 is 0. The van der Waals surface area contributed by atoms with Crippen molar-refractivity contribution >= 4 is 17.9 Å². The molecule has 0 spiro atoms. The Labute approximate surface area is 457 Å². The summed E-state index contributed by atoms with van der Waals surface area (Å²) in [5.74, 6) is -0.891. The van der Waals surface area contributed by atoms with Crippen molar-refractivity contribution in [2.24, 2.45) is 0 Å². The van der Waals surface area contributed by atoms with E-state index in [1.807, 2.05) is 0 Å². The fourth-order valence-corrected chi connectivity index (χ4v) is 8.65. The minimum atomic E-state index is -0.785. The van der Waals surface area contributed by atoms with Gasteiger partial charge in [0.1, 0.15) is 13.2 Å².